The number of hydrogen-bond acceptors (Lipinski definition) is 3. The monoisotopic (exact) mass is 534 g/mol. The number of hydrogen-bond donors (Lipinski definition) is 2. The number of rotatable bonds is 9. The third kappa shape index (κ3) is 7.25. The van der Waals surface area contributed by atoms with Crippen LogP contribution in [0.25, 0.3) is 5.70 Å². The van der Waals surface area contributed by atoms with Crippen LogP contribution in [0.5, 0.6) is 0 Å². The summed E-state index contributed by atoms with van der Waals surface area (Å²) in [4.78, 5) is 17.0. The van der Waals surface area contributed by atoms with Gasteiger partial charge in [-0.05, 0) is 56.4 Å². The van der Waals surface area contributed by atoms with Crippen LogP contribution in [0.15, 0.2) is 65.4 Å². The van der Waals surface area contributed by atoms with E-state index in [-0.39, 0.29) is 12.3 Å². The zero-order valence-electron chi connectivity index (χ0n) is 22.1. The minimum Gasteiger partial charge on any atom is -0.508 e. The van der Waals surface area contributed by atoms with Crippen LogP contribution in [0.4, 0.5) is 13.2 Å². The Hall–Kier alpha value is -3.06. The zero-order chi connectivity index (χ0) is 28.1. The Morgan fingerprint density at radius 3 is 2.22 bits per heavy atom. The lowest BCUT2D eigenvalue weighted by Gasteiger charge is -2.26. The predicted octanol–water partition coefficient (Wildman–Crippen LogP) is 8.37. The molecular weight excluding hydrogens is 501 g/mol. The molecule has 2 N–H and O–H groups in total. The zero-order valence-corrected chi connectivity index (χ0v) is 22.8. The Labute approximate surface area is 222 Å². The summed E-state index contributed by atoms with van der Waals surface area (Å²) >= 11 is 6.45. The smallest absolute Gasteiger partial charge is 0.402 e. The van der Waals surface area contributed by atoms with Crippen molar-refractivity contribution in [3.05, 3.63) is 87.7 Å². The fourth-order valence-electron chi connectivity index (χ4n) is 3.56. The lowest BCUT2D eigenvalue weighted by atomic mass is 9.91. The Balaban J connectivity index is 2.46. The Morgan fingerprint density at radius 2 is 1.73 bits per heavy atom. The minimum absolute atomic E-state index is 0.0863. The molecule has 2 aromatic carbocycles. The Bertz CT molecular complexity index is 1210. The molecule has 0 spiro atoms. The van der Waals surface area contributed by atoms with Gasteiger partial charge in [0.2, 0.25) is 5.91 Å². The molecule has 0 aliphatic carbocycles. The maximum atomic E-state index is 13.2. The molecular formula is C29H34ClF3N2O2. The normalized spacial score (nSPS) is 13.4. The van der Waals surface area contributed by atoms with Gasteiger partial charge in [-0.2, -0.15) is 13.2 Å². The molecule has 0 fully saturated rings. The number of aliphatic hydroxyl groups is 1. The molecule has 0 heterocycles. The molecule has 0 saturated heterocycles. The number of aliphatic imine (C=N–C) groups is 1. The molecule has 4 nitrogen and oxygen atoms in total. The van der Waals surface area contributed by atoms with Gasteiger partial charge in [0, 0.05) is 34.0 Å². The molecule has 0 atom stereocenters. The van der Waals surface area contributed by atoms with E-state index in [4.69, 9.17) is 16.6 Å². The first kappa shape index (κ1) is 30.2. The molecule has 2 aromatic rings. The van der Waals surface area contributed by atoms with Crippen molar-refractivity contribution < 1.29 is 23.1 Å². The maximum absolute atomic E-state index is 13.2. The topological polar surface area (TPSA) is 61.7 Å². The standard InChI is InChI=1S/C29H34ClF3N2O2/c1-8-23(19(5)36)26(22-12-10-21(11-13-22)17(2)3)35-18(4)24-15-20(9-14-25(24)30)16-34-27(37)28(6,7)29(31,32)33/h9-15,17,36H,5,8,16H2,1-4,6-7H3,(H,34,37)/b26-23-,35-18?. The summed E-state index contributed by atoms with van der Waals surface area (Å²) in [6, 6.07) is 12.8. The van der Waals surface area contributed by atoms with E-state index >= 15 is 0 Å². The SMILES string of the molecule is C=C(O)/C(CC)=C(\N=C(C)c1cc(CNC(=O)C(C)(C)C(F)(F)F)ccc1Cl)c1ccc(C(C)C)cc1. The summed E-state index contributed by atoms with van der Waals surface area (Å²) in [6.07, 6.45) is -4.18. The third-order valence-electron chi connectivity index (χ3n) is 6.27. The minimum atomic E-state index is -4.67. The lowest BCUT2D eigenvalue weighted by molar-refractivity contribution is -0.211. The van der Waals surface area contributed by atoms with Crippen molar-refractivity contribution in [2.75, 3.05) is 0 Å². The number of nitrogens with zero attached hydrogens (tertiary/aromatic N) is 1. The van der Waals surface area contributed by atoms with Crippen LogP contribution in [-0.2, 0) is 11.3 Å². The van der Waals surface area contributed by atoms with E-state index < -0.39 is 17.5 Å². The molecule has 0 aliphatic rings. The van der Waals surface area contributed by atoms with E-state index in [1.54, 1.807) is 25.1 Å². The molecule has 0 saturated carbocycles. The van der Waals surface area contributed by atoms with Crippen molar-refractivity contribution in [3.8, 4) is 0 Å². The van der Waals surface area contributed by atoms with E-state index in [2.05, 4.69) is 25.7 Å². The fraction of sp³-hybridized carbons (Fsp3) is 0.379. The van der Waals surface area contributed by atoms with Crippen molar-refractivity contribution in [2.24, 2.45) is 10.4 Å². The fourth-order valence-corrected chi connectivity index (χ4v) is 3.81. The molecule has 37 heavy (non-hydrogen) atoms. The van der Waals surface area contributed by atoms with Crippen LogP contribution >= 0.6 is 11.6 Å². The van der Waals surface area contributed by atoms with Crippen LogP contribution in [0.3, 0.4) is 0 Å². The van der Waals surface area contributed by atoms with Crippen molar-refractivity contribution in [2.45, 2.75) is 66.6 Å². The highest BCUT2D eigenvalue weighted by molar-refractivity contribution is 6.34. The van der Waals surface area contributed by atoms with Crippen molar-refractivity contribution in [1.29, 1.82) is 0 Å². The third-order valence-corrected chi connectivity index (χ3v) is 6.60. The van der Waals surface area contributed by atoms with Gasteiger partial charge in [0.25, 0.3) is 0 Å². The van der Waals surface area contributed by atoms with Crippen LogP contribution in [0.1, 0.15) is 76.1 Å². The van der Waals surface area contributed by atoms with Crippen molar-refractivity contribution in [3.63, 3.8) is 0 Å². The second kappa shape index (κ2) is 12.0. The molecule has 0 aromatic heterocycles. The van der Waals surface area contributed by atoms with Gasteiger partial charge >= 0.3 is 6.18 Å². The van der Waals surface area contributed by atoms with Gasteiger partial charge in [-0.3, -0.25) is 9.79 Å². The number of halogens is 4. The molecule has 1 amide bonds. The summed E-state index contributed by atoms with van der Waals surface area (Å²) < 4.78 is 39.6. The first-order valence-corrected chi connectivity index (χ1v) is 12.4. The lowest BCUT2D eigenvalue weighted by Crippen LogP contribution is -2.46. The Morgan fingerprint density at radius 1 is 1.14 bits per heavy atom. The molecule has 200 valence electrons. The van der Waals surface area contributed by atoms with E-state index in [1.807, 2.05) is 31.2 Å². The largest absolute Gasteiger partial charge is 0.508 e. The molecule has 0 unspecified atom stereocenters. The molecule has 0 bridgehead atoms. The van der Waals surface area contributed by atoms with Gasteiger partial charge in [-0.25, -0.2) is 0 Å². The van der Waals surface area contributed by atoms with Gasteiger partial charge in [0.1, 0.15) is 11.2 Å². The highest BCUT2D eigenvalue weighted by Crippen LogP contribution is 2.37. The van der Waals surface area contributed by atoms with E-state index in [9.17, 15) is 23.1 Å². The Kier molecular flexibility index (Phi) is 9.78. The van der Waals surface area contributed by atoms with Gasteiger partial charge in [-0.15, -0.1) is 0 Å². The number of amides is 1. The van der Waals surface area contributed by atoms with Gasteiger partial charge < -0.3 is 10.4 Å². The van der Waals surface area contributed by atoms with Crippen LogP contribution in [0, 0.1) is 5.41 Å². The van der Waals surface area contributed by atoms with Gasteiger partial charge in [0.15, 0.2) is 0 Å². The number of aliphatic hydroxyl groups excluding tert-OH is 1. The first-order chi connectivity index (χ1) is 17.1. The highest BCUT2D eigenvalue weighted by Gasteiger charge is 2.52. The predicted molar refractivity (Wildman–Crippen MR) is 145 cm³/mol. The maximum Gasteiger partial charge on any atom is 0.402 e. The highest BCUT2D eigenvalue weighted by atomic mass is 35.5. The number of nitrogens with one attached hydrogen (secondary N) is 1. The number of carbonyl (C=O) groups excluding carboxylic acids is 1. The number of allylic oxidation sites excluding steroid dienone is 1. The number of alkyl halides is 3. The number of carbonyl (C=O) groups is 1. The molecule has 0 aliphatic heterocycles. The summed E-state index contributed by atoms with van der Waals surface area (Å²) in [5, 5.41) is 13.0. The molecule has 8 heteroatoms. The average Bonchev–Trinajstić information content (AvgIpc) is 2.82. The van der Waals surface area contributed by atoms with E-state index in [0.717, 1.165) is 25.0 Å². The summed E-state index contributed by atoms with van der Waals surface area (Å²) in [5.41, 5.74) is 2.21. The van der Waals surface area contributed by atoms with Gasteiger partial charge in [-0.1, -0.05) is 69.3 Å². The molecule has 2 rings (SSSR count). The number of benzene rings is 2. The first-order valence-electron chi connectivity index (χ1n) is 12.0. The second-order valence-corrected chi connectivity index (χ2v) is 10.1. The summed E-state index contributed by atoms with van der Waals surface area (Å²) in [7, 11) is 0. The van der Waals surface area contributed by atoms with Crippen molar-refractivity contribution >= 4 is 28.9 Å². The quantitative estimate of drug-likeness (QED) is 0.193. The summed E-state index contributed by atoms with van der Waals surface area (Å²) in [6.45, 7) is 13.1. The van der Waals surface area contributed by atoms with E-state index in [1.165, 1.54) is 0 Å². The van der Waals surface area contributed by atoms with Gasteiger partial charge in [0.05, 0.1) is 5.70 Å². The van der Waals surface area contributed by atoms with E-state index in [0.29, 0.717) is 45.5 Å². The molecule has 0 radical (unpaired) electrons. The second-order valence-electron chi connectivity index (χ2n) is 9.72. The average molecular weight is 535 g/mol. The van der Waals surface area contributed by atoms with Crippen molar-refractivity contribution in [1.82, 2.24) is 5.32 Å². The van der Waals surface area contributed by atoms with Crippen LogP contribution in [-0.4, -0.2) is 22.9 Å². The van der Waals surface area contributed by atoms with Crippen LogP contribution in [0.2, 0.25) is 5.02 Å². The van der Waals surface area contributed by atoms with Crippen LogP contribution < -0.4 is 5.32 Å². The summed E-state index contributed by atoms with van der Waals surface area (Å²) in [5.74, 6) is -0.850.